The molecule has 0 spiro atoms. The third-order valence-corrected chi connectivity index (χ3v) is 6.91. The zero-order chi connectivity index (χ0) is 21.0. The van der Waals surface area contributed by atoms with Crippen LogP contribution in [0.1, 0.15) is 34.6 Å². The number of amides is 2. The van der Waals surface area contributed by atoms with Crippen LogP contribution in [-0.4, -0.2) is 53.8 Å². The minimum Gasteiger partial charge on any atom is -0.340 e. The Kier molecular flexibility index (Phi) is 7.49. The van der Waals surface area contributed by atoms with Crippen LogP contribution < -0.4 is 5.32 Å². The predicted molar refractivity (Wildman–Crippen MR) is 121 cm³/mol. The van der Waals surface area contributed by atoms with Crippen LogP contribution in [0, 0.1) is 12.8 Å². The average molecular weight is 478 g/mol. The number of hydrogen-bond acceptors (Lipinski definition) is 4. The Morgan fingerprint density at radius 3 is 2.38 bits per heavy atom. The van der Waals surface area contributed by atoms with Gasteiger partial charge in [-0.1, -0.05) is 32.0 Å². The lowest BCUT2D eigenvalue weighted by atomic mass is 10.0. The summed E-state index contributed by atoms with van der Waals surface area (Å²) in [5.41, 5.74) is 1.53. The van der Waals surface area contributed by atoms with Gasteiger partial charge in [-0.3, -0.25) is 14.5 Å². The molecule has 0 aliphatic carbocycles. The summed E-state index contributed by atoms with van der Waals surface area (Å²) in [6.07, 6.45) is 0. The smallest absolute Gasteiger partial charge is 0.252 e. The van der Waals surface area contributed by atoms with Gasteiger partial charge in [0.1, 0.15) is 6.04 Å². The highest BCUT2D eigenvalue weighted by molar-refractivity contribution is 9.11. The lowest BCUT2D eigenvalue weighted by molar-refractivity contribution is -0.136. The predicted octanol–water partition coefficient (Wildman–Crippen LogP) is 3.92. The van der Waals surface area contributed by atoms with Crippen LogP contribution in [0.2, 0.25) is 0 Å². The number of nitrogens with one attached hydrogen (secondary N) is 1. The van der Waals surface area contributed by atoms with Gasteiger partial charge in [-0.2, -0.15) is 0 Å². The van der Waals surface area contributed by atoms with Crippen molar-refractivity contribution in [1.29, 1.82) is 0 Å². The molecule has 0 unspecified atom stereocenters. The van der Waals surface area contributed by atoms with Gasteiger partial charge in [-0.15, -0.1) is 11.3 Å². The maximum absolute atomic E-state index is 13.1. The number of piperazine rings is 1. The van der Waals surface area contributed by atoms with Crippen molar-refractivity contribution < 1.29 is 9.59 Å². The summed E-state index contributed by atoms with van der Waals surface area (Å²) in [4.78, 5) is 31.5. The molecule has 2 heterocycles. The van der Waals surface area contributed by atoms with Crippen molar-refractivity contribution >= 4 is 39.1 Å². The molecule has 29 heavy (non-hydrogen) atoms. The Labute approximate surface area is 185 Å². The molecule has 0 saturated carbocycles. The Morgan fingerprint density at radius 2 is 1.79 bits per heavy atom. The van der Waals surface area contributed by atoms with Gasteiger partial charge in [0.25, 0.3) is 5.91 Å². The second-order valence-corrected chi connectivity index (χ2v) is 10.4. The highest BCUT2D eigenvalue weighted by Gasteiger charge is 2.31. The van der Waals surface area contributed by atoms with E-state index in [4.69, 9.17) is 0 Å². The van der Waals surface area contributed by atoms with E-state index >= 15 is 0 Å². The van der Waals surface area contributed by atoms with Gasteiger partial charge in [0.2, 0.25) is 5.91 Å². The number of nitrogens with zero attached hydrogens (tertiary/aromatic N) is 2. The van der Waals surface area contributed by atoms with E-state index in [2.05, 4.69) is 38.3 Å². The fourth-order valence-electron chi connectivity index (χ4n) is 3.54. The molecule has 1 N–H and O–H groups in total. The lowest BCUT2D eigenvalue weighted by Crippen LogP contribution is -2.56. The molecule has 1 aliphatic rings. The molecule has 0 radical (unpaired) electrons. The summed E-state index contributed by atoms with van der Waals surface area (Å²) >= 11 is 5.26. The molecule has 1 saturated heterocycles. The summed E-state index contributed by atoms with van der Waals surface area (Å²) in [5.74, 6) is -0.144. The van der Waals surface area contributed by atoms with E-state index in [0.717, 1.165) is 29.0 Å². The van der Waals surface area contributed by atoms with Crippen LogP contribution in [0.3, 0.4) is 0 Å². The van der Waals surface area contributed by atoms with Gasteiger partial charge in [-0.05, 0) is 52.5 Å². The summed E-state index contributed by atoms with van der Waals surface area (Å²) in [7, 11) is 0. The largest absolute Gasteiger partial charge is 0.340 e. The minimum atomic E-state index is -0.512. The normalized spacial score (nSPS) is 16.1. The van der Waals surface area contributed by atoms with E-state index in [9.17, 15) is 9.59 Å². The first-order valence-corrected chi connectivity index (χ1v) is 11.6. The van der Waals surface area contributed by atoms with Crippen LogP contribution in [0.15, 0.2) is 40.2 Å². The lowest BCUT2D eigenvalue weighted by Gasteiger charge is -2.37. The fraction of sp³-hybridized carbons (Fsp3) is 0.455. The molecule has 1 aliphatic heterocycles. The number of benzene rings is 1. The number of carbonyl (C=O) groups excluding carboxylic acids is 2. The molecule has 2 amide bonds. The minimum absolute atomic E-state index is 0.0143. The van der Waals surface area contributed by atoms with Crippen LogP contribution >= 0.6 is 27.3 Å². The zero-order valence-electron chi connectivity index (χ0n) is 17.2. The van der Waals surface area contributed by atoms with E-state index in [-0.39, 0.29) is 17.7 Å². The first-order chi connectivity index (χ1) is 13.8. The number of carbonyl (C=O) groups is 2. The van der Waals surface area contributed by atoms with Crippen LogP contribution in [-0.2, 0) is 11.3 Å². The molecular formula is C22H28BrN3O2S. The molecule has 2 aromatic rings. The van der Waals surface area contributed by atoms with Gasteiger partial charge >= 0.3 is 0 Å². The van der Waals surface area contributed by atoms with Gasteiger partial charge in [0, 0.05) is 43.2 Å². The van der Waals surface area contributed by atoms with Crippen molar-refractivity contribution in [3.05, 3.63) is 56.2 Å². The van der Waals surface area contributed by atoms with E-state index in [1.165, 1.54) is 4.88 Å². The molecular weight excluding hydrogens is 450 g/mol. The molecule has 5 nitrogen and oxygen atoms in total. The van der Waals surface area contributed by atoms with Crippen LogP contribution in [0.4, 0.5) is 0 Å². The highest BCUT2D eigenvalue weighted by atomic mass is 79.9. The summed E-state index contributed by atoms with van der Waals surface area (Å²) in [6, 6.07) is 11.2. The molecule has 0 bridgehead atoms. The van der Waals surface area contributed by atoms with Crippen molar-refractivity contribution in [3.8, 4) is 0 Å². The monoisotopic (exact) mass is 477 g/mol. The maximum Gasteiger partial charge on any atom is 0.252 e. The van der Waals surface area contributed by atoms with Crippen molar-refractivity contribution in [1.82, 2.24) is 15.1 Å². The van der Waals surface area contributed by atoms with E-state index < -0.39 is 6.04 Å². The second kappa shape index (κ2) is 9.87. The fourth-order valence-corrected chi connectivity index (χ4v) is 5.07. The number of aryl methyl sites for hydroxylation is 1. The van der Waals surface area contributed by atoms with Crippen molar-refractivity contribution in [2.24, 2.45) is 5.92 Å². The van der Waals surface area contributed by atoms with Crippen molar-refractivity contribution in [2.75, 3.05) is 26.2 Å². The Bertz CT molecular complexity index is 859. The highest BCUT2D eigenvalue weighted by Crippen LogP contribution is 2.23. The van der Waals surface area contributed by atoms with Gasteiger partial charge in [0.05, 0.1) is 3.79 Å². The molecule has 1 aromatic carbocycles. The molecule has 3 rings (SSSR count). The average Bonchev–Trinajstić information content (AvgIpc) is 3.10. The quantitative estimate of drug-likeness (QED) is 0.685. The second-order valence-electron chi connectivity index (χ2n) is 7.82. The molecule has 7 heteroatoms. The Morgan fingerprint density at radius 1 is 1.10 bits per heavy atom. The van der Waals surface area contributed by atoms with Crippen molar-refractivity contribution in [2.45, 2.75) is 33.4 Å². The summed E-state index contributed by atoms with van der Waals surface area (Å²) in [6.45, 7) is 9.85. The van der Waals surface area contributed by atoms with Crippen LogP contribution in [0.25, 0.3) is 0 Å². The van der Waals surface area contributed by atoms with Gasteiger partial charge in [-0.25, -0.2) is 0 Å². The Balaban J connectivity index is 1.58. The van der Waals surface area contributed by atoms with E-state index in [1.807, 2.05) is 43.9 Å². The molecule has 1 aromatic heterocycles. The van der Waals surface area contributed by atoms with E-state index in [1.54, 1.807) is 17.4 Å². The number of thiophene rings is 1. The van der Waals surface area contributed by atoms with Gasteiger partial charge in [0.15, 0.2) is 0 Å². The van der Waals surface area contributed by atoms with Gasteiger partial charge < -0.3 is 10.2 Å². The first-order valence-electron chi connectivity index (χ1n) is 9.97. The summed E-state index contributed by atoms with van der Waals surface area (Å²) in [5, 5.41) is 2.98. The number of hydrogen-bond donors (Lipinski definition) is 1. The van der Waals surface area contributed by atoms with Crippen molar-refractivity contribution in [3.63, 3.8) is 0 Å². The first kappa shape index (κ1) is 22.0. The third kappa shape index (κ3) is 5.68. The van der Waals surface area contributed by atoms with E-state index in [0.29, 0.717) is 18.7 Å². The standard InChI is InChI=1S/C22H28BrN3O2S/c1-15(2)20(24-21(27)18-7-5-4-6-16(18)3)22(28)26-12-10-25(11-13-26)14-17-8-9-19(23)29-17/h4-9,15,20H,10-14H2,1-3H3,(H,24,27)/t20-/m0/s1. The maximum atomic E-state index is 13.1. The topological polar surface area (TPSA) is 52.7 Å². The number of halogens is 1. The zero-order valence-corrected chi connectivity index (χ0v) is 19.6. The number of rotatable bonds is 6. The molecule has 1 fully saturated rings. The summed E-state index contributed by atoms with van der Waals surface area (Å²) < 4.78 is 1.14. The third-order valence-electron chi connectivity index (χ3n) is 5.30. The SMILES string of the molecule is Cc1ccccc1C(=O)N[C@H](C(=O)N1CCN(Cc2ccc(Br)s2)CC1)C(C)C. The molecule has 1 atom stereocenters. The Hall–Kier alpha value is -1.70. The van der Waals surface area contributed by atoms with Crippen LogP contribution in [0.5, 0.6) is 0 Å². The molecule has 156 valence electrons.